The van der Waals surface area contributed by atoms with E-state index in [1.165, 1.54) is 38.3 Å². The fourth-order valence-corrected chi connectivity index (χ4v) is 3.16. The molecule has 0 bridgehead atoms. The second-order valence-electron chi connectivity index (χ2n) is 6.74. The Balaban J connectivity index is 1.84. The van der Waals surface area contributed by atoms with Crippen molar-refractivity contribution in [2.75, 3.05) is 13.7 Å². The monoisotopic (exact) mass is 419 g/mol. The fraction of sp³-hybridized carbons (Fsp3) is 0.286. The first-order chi connectivity index (χ1) is 14.2. The maximum atomic E-state index is 14.0. The van der Waals surface area contributed by atoms with Gasteiger partial charge < -0.3 is 10.1 Å². The Hall–Kier alpha value is -3.36. The normalized spacial score (nSPS) is 18.9. The van der Waals surface area contributed by atoms with Crippen LogP contribution in [0, 0.1) is 0 Å². The smallest absolute Gasteiger partial charge is 0.442 e. The Morgan fingerprint density at radius 2 is 1.77 bits per heavy atom. The Kier molecular flexibility index (Phi) is 5.82. The van der Waals surface area contributed by atoms with Gasteiger partial charge in [0.05, 0.1) is 7.11 Å². The highest BCUT2D eigenvalue weighted by Crippen LogP contribution is 2.37. The van der Waals surface area contributed by atoms with Gasteiger partial charge in [0.2, 0.25) is 0 Å². The molecule has 2 aromatic carbocycles. The van der Waals surface area contributed by atoms with Crippen LogP contribution in [0.1, 0.15) is 22.8 Å². The number of amides is 2. The molecule has 158 valence electrons. The Labute approximate surface area is 171 Å². The maximum Gasteiger partial charge on any atom is 0.442 e. The van der Waals surface area contributed by atoms with E-state index in [2.05, 4.69) is 4.99 Å². The summed E-state index contributed by atoms with van der Waals surface area (Å²) in [7, 11) is 1.42. The van der Waals surface area contributed by atoms with Crippen molar-refractivity contribution in [2.45, 2.75) is 25.2 Å². The number of methoxy groups -OCH3 is 1. The van der Waals surface area contributed by atoms with Gasteiger partial charge in [-0.25, -0.2) is 4.99 Å². The number of ether oxygens (including phenoxy) is 1. The lowest BCUT2D eigenvalue weighted by Crippen LogP contribution is -2.63. The molecule has 1 N–H and O–H groups in total. The van der Waals surface area contributed by atoms with Crippen molar-refractivity contribution in [1.82, 2.24) is 10.2 Å². The summed E-state index contributed by atoms with van der Waals surface area (Å²) in [5, 5.41) is 1.81. The molecule has 2 amide bonds. The molecule has 0 radical (unpaired) electrons. The van der Waals surface area contributed by atoms with Crippen molar-refractivity contribution in [1.29, 1.82) is 0 Å². The van der Waals surface area contributed by atoms with E-state index in [4.69, 9.17) is 4.74 Å². The van der Waals surface area contributed by atoms with Gasteiger partial charge in [0, 0.05) is 12.1 Å². The molecular formula is C21H20F3N3O3. The second kappa shape index (κ2) is 8.17. The first kappa shape index (κ1) is 21.4. The highest BCUT2D eigenvalue weighted by molar-refractivity contribution is 6.10. The third-order valence-electron chi connectivity index (χ3n) is 4.80. The van der Waals surface area contributed by atoms with Crippen LogP contribution in [0.4, 0.5) is 13.2 Å². The molecule has 0 saturated heterocycles. The molecule has 1 unspecified atom stereocenters. The van der Waals surface area contributed by atoms with Gasteiger partial charge in [-0.1, -0.05) is 30.3 Å². The van der Waals surface area contributed by atoms with Crippen LogP contribution in [0.15, 0.2) is 59.6 Å². The van der Waals surface area contributed by atoms with Crippen molar-refractivity contribution in [3.8, 4) is 5.75 Å². The van der Waals surface area contributed by atoms with Crippen molar-refractivity contribution in [2.24, 2.45) is 4.99 Å². The van der Waals surface area contributed by atoms with E-state index in [9.17, 15) is 22.8 Å². The highest BCUT2D eigenvalue weighted by atomic mass is 19.4. The third kappa shape index (κ3) is 4.00. The molecule has 1 atom stereocenters. The molecule has 0 spiro atoms. The van der Waals surface area contributed by atoms with Crippen molar-refractivity contribution in [3.05, 3.63) is 65.7 Å². The summed E-state index contributed by atoms with van der Waals surface area (Å²) in [5.74, 6) is -2.06. The molecule has 0 saturated carbocycles. The van der Waals surface area contributed by atoms with E-state index in [1.54, 1.807) is 12.1 Å². The molecular weight excluding hydrogens is 399 g/mol. The number of hydrogen-bond acceptors (Lipinski definition) is 4. The summed E-state index contributed by atoms with van der Waals surface area (Å²) < 4.78 is 46.9. The molecule has 1 heterocycles. The summed E-state index contributed by atoms with van der Waals surface area (Å²) in [5.41, 5.74) is -2.54. The largest absolute Gasteiger partial charge is 0.497 e. The molecule has 9 heteroatoms. The van der Waals surface area contributed by atoms with Crippen molar-refractivity contribution >= 4 is 17.6 Å². The summed E-state index contributed by atoms with van der Waals surface area (Å²) in [6.45, 7) is 1.32. The predicted octanol–water partition coefficient (Wildman–Crippen LogP) is 3.19. The first-order valence-corrected chi connectivity index (χ1v) is 9.13. The molecule has 2 aromatic rings. The molecule has 3 rings (SSSR count). The molecule has 0 fully saturated rings. The first-order valence-electron chi connectivity index (χ1n) is 9.13. The van der Waals surface area contributed by atoms with E-state index in [1.807, 2.05) is 23.5 Å². The van der Waals surface area contributed by atoms with Gasteiger partial charge in [-0.2, -0.15) is 13.2 Å². The van der Waals surface area contributed by atoms with Gasteiger partial charge in [-0.05, 0) is 43.2 Å². The number of carbonyl (C=O) groups excluding carboxylic acids is 2. The number of amidine groups is 1. The number of carbonyl (C=O) groups is 2. The minimum Gasteiger partial charge on any atom is -0.497 e. The predicted molar refractivity (Wildman–Crippen MR) is 104 cm³/mol. The highest BCUT2D eigenvalue weighted by Gasteiger charge is 2.66. The summed E-state index contributed by atoms with van der Waals surface area (Å²) >= 11 is 0. The quantitative estimate of drug-likeness (QED) is 0.782. The molecule has 1 aliphatic rings. The number of hydrogen-bond donors (Lipinski definition) is 1. The number of halogens is 3. The van der Waals surface area contributed by atoms with E-state index >= 15 is 0 Å². The number of nitrogens with zero attached hydrogens (tertiary/aromatic N) is 2. The number of benzene rings is 2. The van der Waals surface area contributed by atoms with Crippen LogP contribution in [0.3, 0.4) is 0 Å². The molecule has 0 aliphatic carbocycles. The van der Waals surface area contributed by atoms with Gasteiger partial charge in [0.1, 0.15) is 11.6 Å². The minimum absolute atomic E-state index is 0.00835. The average Bonchev–Trinajstić information content (AvgIpc) is 2.97. The van der Waals surface area contributed by atoms with Gasteiger partial charge in [-0.15, -0.1) is 0 Å². The SMILES string of the molecule is COc1ccc(C(=O)NC2(C(F)(F)F)N=C(C)N(CCc3ccccc3)C2=O)cc1. The number of alkyl halides is 3. The van der Waals surface area contributed by atoms with E-state index in [-0.39, 0.29) is 17.9 Å². The zero-order chi connectivity index (χ0) is 21.9. The maximum absolute atomic E-state index is 14.0. The van der Waals surface area contributed by atoms with Crippen LogP contribution in [0.2, 0.25) is 0 Å². The van der Waals surface area contributed by atoms with Crippen LogP contribution >= 0.6 is 0 Å². The number of nitrogens with one attached hydrogen (secondary N) is 1. The third-order valence-corrected chi connectivity index (χ3v) is 4.80. The van der Waals surface area contributed by atoms with Crippen LogP contribution < -0.4 is 10.1 Å². The number of rotatable bonds is 6. The lowest BCUT2D eigenvalue weighted by atomic mass is 10.1. The van der Waals surface area contributed by atoms with Crippen LogP contribution in [0.5, 0.6) is 5.75 Å². The van der Waals surface area contributed by atoms with Gasteiger partial charge in [-0.3, -0.25) is 14.5 Å². The standard InChI is InChI=1S/C21H20F3N3O3/c1-14-25-20(21(22,23)24,26-18(28)16-8-10-17(30-2)11-9-16)19(29)27(14)13-12-15-6-4-3-5-7-15/h3-11H,12-13H2,1-2H3,(H,26,28). The topological polar surface area (TPSA) is 71.0 Å². The number of aliphatic imine (C=N–C) groups is 1. The van der Waals surface area contributed by atoms with Crippen LogP contribution in [0.25, 0.3) is 0 Å². The summed E-state index contributed by atoms with van der Waals surface area (Å²) in [6, 6.07) is 14.5. The lowest BCUT2D eigenvalue weighted by Gasteiger charge is -2.29. The van der Waals surface area contributed by atoms with Crippen molar-refractivity contribution < 1.29 is 27.5 Å². The lowest BCUT2D eigenvalue weighted by molar-refractivity contribution is -0.196. The van der Waals surface area contributed by atoms with Gasteiger partial charge >= 0.3 is 11.8 Å². The van der Waals surface area contributed by atoms with Gasteiger partial charge in [0.25, 0.3) is 11.8 Å². The van der Waals surface area contributed by atoms with Gasteiger partial charge in [0.15, 0.2) is 0 Å². The molecule has 0 aromatic heterocycles. The Bertz CT molecular complexity index is 959. The zero-order valence-corrected chi connectivity index (χ0v) is 16.4. The molecule has 6 nitrogen and oxygen atoms in total. The zero-order valence-electron chi connectivity index (χ0n) is 16.4. The van der Waals surface area contributed by atoms with E-state index in [0.717, 1.165) is 10.5 Å². The average molecular weight is 419 g/mol. The molecule has 30 heavy (non-hydrogen) atoms. The van der Waals surface area contributed by atoms with E-state index < -0.39 is 23.7 Å². The summed E-state index contributed by atoms with van der Waals surface area (Å²) in [4.78, 5) is 29.9. The fourth-order valence-electron chi connectivity index (χ4n) is 3.16. The molecule has 1 aliphatic heterocycles. The van der Waals surface area contributed by atoms with Crippen molar-refractivity contribution in [3.63, 3.8) is 0 Å². The summed E-state index contributed by atoms with van der Waals surface area (Å²) in [6.07, 6.45) is -4.77. The van der Waals surface area contributed by atoms with Crippen LogP contribution in [-0.2, 0) is 11.2 Å². The van der Waals surface area contributed by atoms with Crippen LogP contribution in [-0.4, -0.2) is 48.0 Å². The Morgan fingerprint density at radius 3 is 2.33 bits per heavy atom. The minimum atomic E-state index is -5.12. The Morgan fingerprint density at radius 1 is 1.13 bits per heavy atom. The van der Waals surface area contributed by atoms with E-state index in [0.29, 0.717) is 12.2 Å². The second-order valence-corrected chi connectivity index (χ2v) is 6.74.